The van der Waals surface area contributed by atoms with Gasteiger partial charge in [0.05, 0.1) is 4.92 Å². The van der Waals surface area contributed by atoms with E-state index in [0.717, 1.165) is 11.3 Å². The van der Waals surface area contributed by atoms with Gasteiger partial charge in [0, 0.05) is 17.0 Å². The van der Waals surface area contributed by atoms with Gasteiger partial charge in [0.25, 0.3) is 0 Å². The SMILES string of the molecule is CC(C)C[C@H](N)c1ccc([N+](=O)[O-])s1. The lowest BCUT2D eigenvalue weighted by Crippen LogP contribution is -2.11. The van der Waals surface area contributed by atoms with Gasteiger partial charge >= 0.3 is 5.00 Å². The lowest BCUT2D eigenvalue weighted by Gasteiger charge is -2.11. The van der Waals surface area contributed by atoms with Crippen LogP contribution in [0.1, 0.15) is 31.2 Å². The predicted octanol–water partition coefficient (Wildman–Crippen LogP) is 2.70. The average molecular weight is 214 g/mol. The molecule has 0 aliphatic carbocycles. The molecule has 2 N–H and O–H groups in total. The lowest BCUT2D eigenvalue weighted by atomic mass is 10.0. The number of nitro groups is 1. The molecule has 0 amide bonds. The van der Waals surface area contributed by atoms with Crippen molar-refractivity contribution >= 4 is 16.3 Å². The molecule has 0 fully saturated rings. The fourth-order valence-electron chi connectivity index (χ4n) is 1.26. The van der Waals surface area contributed by atoms with E-state index in [2.05, 4.69) is 13.8 Å². The van der Waals surface area contributed by atoms with Gasteiger partial charge in [-0.05, 0) is 18.4 Å². The van der Waals surface area contributed by atoms with E-state index >= 15 is 0 Å². The molecule has 1 aromatic heterocycles. The fraction of sp³-hybridized carbons (Fsp3) is 0.556. The molecule has 4 nitrogen and oxygen atoms in total. The highest BCUT2D eigenvalue weighted by Crippen LogP contribution is 2.30. The Labute approximate surface area is 86.9 Å². The van der Waals surface area contributed by atoms with Crippen LogP contribution in [-0.4, -0.2) is 4.92 Å². The number of hydrogen-bond donors (Lipinski definition) is 1. The highest BCUT2D eigenvalue weighted by molar-refractivity contribution is 7.15. The van der Waals surface area contributed by atoms with E-state index in [1.807, 2.05) is 0 Å². The van der Waals surface area contributed by atoms with Crippen LogP contribution in [0.5, 0.6) is 0 Å². The second-order valence-electron chi connectivity index (χ2n) is 3.67. The predicted molar refractivity (Wildman–Crippen MR) is 57.4 cm³/mol. The van der Waals surface area contributed by atoms with E-state index in [1.165, 1.54) is 17.4 Å². The van der Waals surface area contributed by atoms with Gasteiger partial charge < -0.3 is 5.73 Å². The molecule has 0 spiro atoms. The van der Waals surface area contributed by atoms with Crippen LogP contribution in [0.2, 0.25) is 0 Å². The lowest BCUT2D eigenvalue weighted by molar-refractivity contribution is -0.380. The Morgan fingerprint density at radius 3 is 2.64 bits per heavy atom. The maximum absolute atomic E-state index is 10.4. The topological polar surface area (TPSA) is 69.2 Å². The minimum atomic E-state index is -0.379. The van der Waals surface area contributed by atoms with E-state index in [4.69, 9.17) is 5.73 Å². The zero-order chi connectivity index (χ0) is 10.7. The van der Waals surface area contributed by atoms with Crippen LogP contribution in [0.3, 0.4) is 0 Å². The second kappa shape index (κ2) is 4.52. The Morgan fingerprint density at radius 2 is 2.21 bits per heavy atom. The summed E-state index contributed by atoms with van der Waals surface area (Å²) in [7, 11) is 0. The molecule has 14 heavy (non-hydrogen) atoms. The monoisotopic (exact) mass is 214 g/mol. The van der Waals surface area contributed by atoms with Gasteiger partial charge in [-0.3, -0.25) is 10.1 Å². The molecular formula is C9H14N2O2S. The molecular weight excluding hydrogens is 200 g/mol. The van der Waals surface area contributed by atoms with E-state index in [1.54, 1.807) is 6.07 Å². The van der Waals surface area contributed by atoms with Crippen LogP contribution >= 0.6 is 11.3 Å². The molecule has 1 rings (SSSR count). The fourth-order valence-corrected chi connectivity index (χ4v) is 2.10. The van der Waals surface area contributed by atoms with Gasteiger partial charge in [0.1, 0.15) is 0 Å². The summed E-state index contributed by atoms with van der Waals surface area (Å²) in [5.41, 5.74) is 5.90. The summed E-state index contributed by atoms with van der Waals surface area (Å²) >= 11 is 1.17. The first-order chi connectivity index (χ1) is 6.50. The Morgan fingerprint density at radius 1 is 1.57 bits per heavy atom. The number of nitrogens with zero attached hydrogens (tertiary/aromatic N) is 1. The van der Waals surface area contributed by atoms with Crippen molar-refractivity contribution in [3.8, 4) is 0 Å². The van der Waals surface area contributed by atoms with Gasteiger partial charge in [0.2, 0.25) is 0 Å². The highest BCUT2D eigenvalue weighted by atomic mass is 32.1. The quantitative estimate of drug-likeness (QED) is 0.618. The molecule has 0 aliphatic rings. The summed E-state index contributed by atoms with van der Waals surface area (Å²) in [6.45, 7) is 4.17. The van der Waals surface area contributed by atoms with Crippen molar-refractivity contribution in [3.05, 3.63) is 27.1 Å². The summed E-state index contributed by atoms with van der Waals surface area (Å²) in [6.07, 6.45) is 0.859. The van der Waals surface area contributed by atoms with E-state index in [0.29, 0.717) is 5.92 Å². The van der Waals surface area contributed by atoms with E-state index in [9.17, 15) is 10.1 Å². The number of nitrogens with two attached hydrogens (primary N) is 1. The molecule has 1 aromatic rings. The van der Waals surface area contributed by atoms with Crippen molar-refractivity contribution < 1.29 is 4.92 Å². The normalized spacial score (nSPS) is 13.1. The summed E-state index contributed by atoms with van der Waals surface area (Å²) in [5.74, 6) is 0.506. The van der Waals surface area contributed by atoms with Gasteiger partial charge in [-0.25, -0.2) is 0 Å². The molecule has 5 heteroatoms. The van der Waals surface area contributed by atoms with Crippen LogP contribution in [0.25, 0.3) is 0 Å². The Balaban J connectivity index is 2.71. The first-order valence-electron chi connectivity index (χ1n) is 4.50. The van der Waals surface area contributed by atoms with Gasteiger partial charge in [-0.15, -0.1) is 0 Å². The minimum absolute atomic E-state index is 0.0753. The molecule has 0 aromatic carbocycles. The third-order valence-electron chi connectivity index (χ3n) is 1.88. The van der Waals surface area contributed by atoms with Crippen molar-refractivity contribution in [2.24, 2.45) is 11.7 Å². The van der Waals surface area contributed by atoms with Gasteiger partial charge in [0.15, 0.2) is 0 Å². The molecule has 0 saturated carbocycles. The zero-order valence-corrected chi connectivity index (χ0v) is 9.08. The van der Waals surface area contributed by atoms with Crippen molar-refractivity contribution in [3.63, 3.8) is 0 Å². The van der Waals surface area contributed by atoms with Crippen molar-refractivity contribution in [2.75, 3.05) is 0 Å². The third kappa shape index (κ3) is 2.78. The Hall–Kier alpha value is -0.940. The summed E-state index contributed by atoms with van der Waals surface area (Å²) in [4.78, 5) is 10.9. The largest absolute Gasteiger partial charge is 0.324 e. The number of hydrogen-bond acceptors (Lipinski definition) is 4. The summed E-state index contributed by atoms with van der Waals surface area (Å²) in [5, 5.41) is 10.6. The number of rotatable bonds is 4. The van der Waals surface area contributed by atoms with E-state index < -0.39 is 0 Å². The summed E-state index contributed by atoms with van der Waals surface area (Å²) in [6, 6.07) is 3.18. The molecule has 0 radical (unpaired) electrons. The van der Waals surface area contributed by atoms with Crippen molar-refractivity contribution in [1.29, 1.82) is 0 Å². The van der Waals surface area contributed by atoms with Crippen LogP contribution in [-0.2, 0) is 0 Å². The molecule has 0 bridgehead atoms. The standard InChI is InChI=1S/C9H14N2O2S/c1-6(2)5-7(10)8-3-4-9(14-8)11(12)13/h3-4,6-7H,5,10H2,1-2H3/t7-/m0/s1. The number of thiophene rings is 1. The van der Waals surface area contributed by atoms with Crippen molar-refractivity contribution in [1.82, 2.24) is 0 Å². The highest BCUT2D eigenvalue weighted by Gasteiger charge is 2.15. The average Bonchev–Trinajstić information content (AvgIpc) is 2.50. The first kappa shape index (κ1) is 11.1. The minimum Gasteiger partial charge on any atom is -0.323 e. The first-order valence-corrected chi connectivity index (χ1v) is 5.32. The maximum atomic E-state index is 10.4. The Kier molecular flexibility index (Phi) is 3.60. The van der Waals surface area contributed by atoms with Gasteiger partial charge in [-0.1, -0.05) is 25.2 Å². The van der Waals surface area contributed by atoms with Crippen LogP contribution in [0.15, 0.2) is 12.1 Å². The zero-order valence-electron chi connectivity index (χ0n) is 8.27. The Bertz CT molecular complexity index is 322. The van der Waals surface area contributed by atoms with Crippen LogP contribution < -0.4 is 5.73 Å². The van der Waals surface area contributed by atoms with E-state index in [-0.39, 0.29) is 16.0 Å². The summed E-state index contributed by atoms with van der Waals surface area (Å²) < 4.78 is 0. The molecule has 78 valence electrons. The smallest absolute Gasteiger partial charge is 0.323 e. The van der Waals surface area contributed by atoms with Crippen molar-refractivity contribution in [2.45, 2.75) is 26.3 Å². The third-order valence-corrected chi connectivity index (χ3v) is 3.05. The molecule has 1 heterocycles. The van der Waals surface area contributed by atoms with Crippen LogP contribution in [0, 0.1) is 16.0 Å². The molecule has 0 saturated heterocycles. The van der Waals surface area contributed by atoms with Gasteiger partial charge in [-0.2, -0.15) is 0 Å². The van der Waals surface area contributed by atoms with Crippen LogP contribution in [0.4, 0.5) is 5.00 Å². The molecule has 0 unspecified atom stereocenters. The maximum Gasteiger partial charge on any atom is 0.324 e. The molecule has 0 aliphatic heterocycles. The molecule has 1 atom stereocenters. The second-order valence-corrected chi connectivity index (χ2v) is 4.76.